The fourth-order valence-corrected chi connectivity index (χ4v) is 3.49. The first-order valence-corrected chi connectivity index (χ1v) is 8.15. The van der Waals surface area contributed by atoms with Crippen LogP contribution in [0.2, 0.25) is 10.0 Å². The molecule has 0 unspecified atom stereocenters. The zero-order valence-corrected chi connectivity index (χ0v) is 13.9. The molecule has 2 heterocycles. The van der Waals surface area contributed by atoms with Crippen LogP contribution in [-0.4, -0.2) is 9.38 Å². The lowest BCUT2D eigenvalue weighted by molar-refractivity contribution is 0.628. The topological polar surface area (TPSA) is 34.4 Å². The molecule has 2 aromatic heterocycles. The molecule has 120 valence electrons. The number of allylic oxidation sites excluding steroid dienone is 1. The molecule has 1 aliphatic rings. The van der Waals surface area contributed by atoms with Crippen LogP contribution >= 0.6 is 23.2 Å². The van der Waals surface area contributed by atoms with E-state index >= 15 is 0 Å². The van der Waals surface area contributed by atoms with Gasteiger partial charge in [-0.1, -0.05) is 35.3 Å². The van der Waals surface area contributed by atoms with Crippen molar-refractivity contribution in [3.05, 3.63) is 79.6 Å². The van der Waals surface area contributed by atoms with Gasteiger partial charge in [-0.2, -0.15) is 0 Å². The predicted molar refractivity (Wildman–Crippen MR) is 94.1 cm³/mol. The maximum atomic E-state index is 13.0. The van der Waals surface area contributed by atoms with Gasteiger partial charge in [0.2, 0.25) is 0 Å². The predicted octanol–water partition coefficient (Wildman–Crippen LogP) is 4.63. The highest BCUT2D eigenvalue weighted by Gasteiger charge is 2.23. The second kappa shape index (κ2) is 5.72. The van der Waals surface area contributed by atoms with E-state index in [4.69, 9.17) is 23.2 Å². The van der Waals surface area contributed by atoms with E-state index in [0.717, 1.165) is 11.1 Å². The number of rotatable bonds is 1. The van der Waals surface area contributed by atoms with Crippen molar-refractivity contribution in [2.75, 3.05) is 0 Å². The number of hydrogen-bond donors (Lipinski definition) is 0. The molecule has 0 N–H and O–H groups in total. The first-order chi connectivity index (χ1) is 11.5. The van der Waals surface area contributed by atoms with Gasteiger partial charge < -0.3 is 0 Å². The summed E-state index contributed by atoms with van der Waals surface area (Å²) in [4.78, 5) is 17.3. The van der Waals surface area contributed by atoms with Gasteiger partial charge in [-0.05, 0) is 48.3 Å². The van der Waals surface area contributed by atoms with Gasteiger partial charge in [-0.15, -0.1) is 0 Å². The summed E-state index contributed by atoms with van der Waals surface area (Å²) in [6, 6.07) is 7.77. The molecule has 0 radical (unpaired) electrons. The number of aromatic nitrogens is 2. The zero-order chi connectivity index (χ0) is 16.8. The zero-order valence-electron chi connectivity index (χ0n) is 12.4. The lowest BCUT2D eigenvalue weighted by Crippen LogP contribution is -2.20. The lowest BCUT2D eigenvalue weighted by Gasteiger charge is -2.07. The van der Waals surface area contributed by atoms with E-state index in [1.165, 1.54) is 22.7 Å². The minimum atomic E-state index is -0.282. The Morgan fingerprint density at radius 1 is 1.17 bits per heavy atom. The van der Waals surface area contributed by atoms with Crippen molar-refractivity contribution in [2.45, 2.75) is 12.8 Å². The monoisotopic (exact) mass is 360 g/mol. The summed E-state index contributed by atoms with van der Waals surface area (Å²) in [5.41, 5.74) is 3.36. The van der Waals surface area contributed by atoms with E-state index in [1.807, 2.05) is 6.08 Å². The number of halogens is 3. The average molecular weight is 361 g/mol. The largest absolute Gasteiger partial charge is 0.269 e. The molecule has 0 saturated carbocycles. The summed E-state index contributed by atoms with van der Waals surface area (Å²) in [5, 5.41) is 0.715. The Labute approximate surface area is 147 Å². The van der Waals surface area contributed by atoms with E-state index in [1.54, 1.807) is 18.2 Å². The van der Waals surface area contributed by atoms with Crippen LogP contribution in [0.5, 0.6) is 0 Å². The second-order valence-electron chi connectivity index (χ2n) is 5.67. The number of fused-ring (bicyclic) bond motifs is 2. The van der Waals surface area contributed by atoms with Gasteiger partial charge in [0.05, 0.1) is 15.7 Å². The van der Waals surface area contributed by atoms with Gasteiger partial charge in [-0.25, -0.2) is 9.37 Å². The molecule has 0 amide bonds. The van der Waals surface area contributed by atoms with Crippen LogP contribution in [0.4, 0.5) is 4.39 Å². The highest BCUT2D eigenvalue weighted by molar-refractivity contribution is 6.36. The molecular formula is C18H11Cl2FN2O. The Morgan fingerprint density at radius 2 is 1.92 bits per heavy atom. The minimum absolute atomic E-state index is 0.151. The van der Waals surface area contributed by atoms with Crippen LogP contribution in [-0.2, 0) is 6.42 Å². The second-order valence-corrected chi connectivity index (χ2v) is 6.51. The molecule has 6 heteroatoms. The Balaban J connectivity index is 1.92. The van der Waals surface area contributed by atoms with Gasteiger partial charge >= 0.3 is 0 Å². The number of benzene rings is 1. The van der Waals surface area contributed by atoms with Crippen LogP contribution in [0.15, 0.2) is 41.3 Å². The summed E-state index contributed by atoms with van der Waals surface area (Å²) in [5.74, 6) is -0.282. The Morgan fingerprint density at radius 3 is 2.67 bits per heavy atom. The summed E-state index contributed by atoms with van der Waals surface area (Å²) < 4.78 is 14.4. The molecule has 3 nitrogen and oxygen atoms in total. The third-order valence-corrected chi connectivity index (χ3v) is 4.58. The van der Waals surface area contributed by atoms with E-state index < -0.39 is 0 Å². The third-order valence-electron chi connectivity index (χ3n) is 4.10. The third kappa shape index (κ3) is 2.52. The molecule has 0 aliphatic heterocycles. The minimum Gasteiger partial charge on any atom is -0.269 e. The smallest absolute Gasteiger partial charge is 0.261 e. The van der Waals surface area contributed by atoms with Crippen molar-refractivity contribution < 1.29 is 4.39 Å². The van der Waals surface area contributed by atoms with E-state index in [-0.39, 0.29) is 11.4 Å². The van der Waals surface area contributed by atoms with Gasteiger partial charge in [0.15, 0.2) is 5.65 Å². The Hall–Kier alpha value is -2.17. The molecule has 1 aliphatic carbocycles. The first-order valence-electron chi connectivity index (χ1n) is 7.40. The van der Waals surface area contributed by atoms with Crippen molar-refractivity contribution in [3.63, 3.8) is 0 Å². The van der Waals surface area contributed by atoms with Crippen LogP contribution in [0, 0.1) is 5.82 Å². The number of pyridine rings is 1. The van der Waals surface area contributed by atoms with Crippen LogP contribution < -0.4 is 5.56 Å². The number of hydrogen-bond acceptors (Lipinski definition) is 2. The summed E-state index contributed by atoms with van der Waals surface area (Å²) in [7, 11) is 0. The van der Waals surface area contributed by atoms with E-state index in [9.17, 15) is 9.18 Å². The SMILES string of the molecule is O=c1c2c(nc3c(Cl)cc(Cl)cn13)/C(=C\c1ccc(F)cc1)CC2. The van der Waals surface area contributed by atoms with Gasteiger partial charge in [0, 0.05) is 11.8 Å². The van der Waals surface area contributed by atoms with Crippen LogP contribution in [0.1, 0.15) is 23.2 Å². The van der Waals surface area contributed by atoms with Gasteiger partial charge in [0.1, 0.15) is 5.82 Å². The molecule has 0 atom stereocenters. The van der Waals surface area contributed by atoms with Crippen molar-refractivity contribution >= 4 is 40.5 Å². The van der Waals surface area contributed by atoms with Gasteiger partial charge in [-0.3, -0.25) is 9.20 Å². The first kappa shape index (κ1) is 15.4. The van der Waals surface area contributed by atoms with Crippen molar-refractivity contribution in [1.82, 2.24) is 9.38 Å². The normalized spacial score (nSPS) is 15.2. The Kier molecular flexibility index (Phi) is 3.66. The van der Waals surface area contributed by atoms with Crippen molar-refractivity contribution in [3.8, 4) is 0 Å². The number of nitrogens with zero attached hydrogens (tertiary/aromatic N) is 2. The fraction of sp³-hybridized carbons (Fsp3) is 0.111. The van der Waals surface area contributed by atoms with Crippen molar-refractivity contribution in [1.29, 1.82) is 0 Å². The highest BCUT2D eigenvalue weighted by atomic mass is 35.5. The van der Waals surface area contributed by atoms with Crippen LogP contribution in [0.25, 0.3) is 17.3 Å². The molecule has 4 rings (SSSR count). The lowest BCUT2D eigenvalue weighted by atomic mass is 10.1. The molecule has 0 bridgehead atoms. The van der Waals surface area contributed by atoms with E-state index in [2.05, 4.69) is 4.98 Å². The molecular weight excluding hydrogens is 350 g/mol. The molecule has 1 aromatic carbocycles. The standard InChI is InChI=1S/C18H11Cl2FN2O/c19-12-8-15(20)17-22-16-11(7-10-1-4-13(21)5-2-10)3-6-14(16)18(24)23(17)9-12/h1-2,4-5,7-9H,3,6H2/b11-7-. The Bertz CT molecular complexity index is 1060. The van der Waals surface area contributed by atoms with Gasteiger partial charge in [0.25, 0.3) is 5.56 Å². The molecule has 3 aromatic rings. The molecule has 0 fully saturated rings. The molecule has 0 spiro atoms. The summed E-state index contributed by atoms with van der Waals surface area (Å²) >= 11 is 12.2. The van der Waals surface area contributed by atoms with Crippen molar-refractivity contribution in [2.24, 2.45) is 0 Å². The summed E-state index contributed by atoms with van der Waals surface area (Å²) in [6.45, 7) is 0. The fourth-order valence-electron chi connectivity index (χ4n) is 2.97. The average Bonchev–Trinajstić information content (AvgIpc) is 2.94. The quantitative estimate of drug-likeness (QED) is 0.634. The molecule has 24 heavy (non-hydrogen) atoms. The van der Waals surface area contributed by atoms with Crippen LogP contribution in [0.3, 0.4) is 0 Å². The molecule has 0 saturated heterocycles. The maximum absolute atomic E-state index is 13.0. The highest BCUT2D eigenvalue weighted by Crippen LogP contribution is 2.32. The maximum Gasteiger partial charge on any atom is 0.261 e. The summed E-state index contributed by atoms with van der Waals surface area (Å²) in [6.07, 6.45) is 4.77. The van der Waals surface area contributed by atoms with E-state index in [0.29, 0.717) is 39.8 Å².